The smallest absolute Gasteiger partial charge is 0.253 e. The van der Waals surface area contributed by atoms with E-state index in [1.54, 1.807) is 30.1 Å². The summed E-state index contributed by atoms with van der Waals surface area (Å²) in [6.07, 6.45) is 1.48. The molecule has 0 aliphatic heterocycles. The van der Waals surface area contributed by atoms with E-state index in [4.69, 9.17) is 5.73 Å². The van der Waals surface area contributed by atoms with Gasteiger partial charge < -0.3 is 10.6 Å². The van der Waals surface area contributed by atoms with Gasteiger partial charge in [0.05, 0.1) is 5.69 Å². The molecule has 1 unspecified atom stereocenters. The van der Waals surface area contributed by atoms with E-state index in [0.29, 0.717) is 12.1 Å². The highest BCUT2D eigenvalue weighted by molar-refractivity contribution is 5.94. The maximum absolute atomic E-state index is 12.3. The first-order valence-corrected chi connectivity index (χ1v) is 5.94. The molecular weight excluding hydrogens is 280 g/mol. The van der Waals surface area contributed by atoms with Crippen molar-refractivity contribution >= 4 is 18.3 Å². The highest BCUT2D eigenvalue weighted by Crippen LogP contribution is 2.11. The third-order valence-electron chi connectivity index (χ3n) is 3.03. The number of carbonyl (C=O) groups is 1. The number of carbonyl (C=O) groups excluding carboxylic acids is 1. The van der Waals surface area contributed by atoms with Crippen molar-refractivity contribution in [3.8, 4) is 5.69 Å². The second-order valence-corrected chi connectivity index (χ2v) is 4.31. The Labute approximate surface area is 123 Å². The summed E-state index contributed by atoms with van der Waals surface area (Å²) in [7, 11) is 1.74. The van der Waals surface area contributed by atoms with Crippen molar-refractivity contribution in [2.45, 2.75) is 13.0 Å². The molecule has 8 heteroatoms. The van der Waals surface area contributed by atoms with Crippen LogP contribution in [0.2, 0.25) is 0 Å². The molecule has 0 bridgehead atoms. The zero-order chi connectivity index (χ0) is 13.8. The molecule has 1 aromatic heterocycles. The molecule has 7 nitrogen and oxygen atoms in total. The second-order valence-electron chi connectivity index (χ2n) is 4.31. The third kappa shape index (κ3) is 3.31. The number of nitrogens with zero attached hydrogens (tertiary/aromatic N) is 5. The quantitative estimate of drug-likeness (QED) is 0.887. The molecule has 2 aromatic rings. The lowest BCUT2D eigenvalue weighted by Gasteiger charge is -2.23. The first kappa shape index (κ1) is 16.1. The normalized spacial score (nSPS) is 11.6. The van der Waals surface area contributed by atoms with Crippen LogP contribution < -0.4 is 5.73 Å². The van der Waals surface area contributed by atoms with Crippen LogP contribution in [0, 0.1) is 0 Å². The van der Waals surface area contributed by atoms with E-state index in [2.05, 4.69) is 15.5 Å². The minimum absolute atomic E-state index is 0. The fraction of sp³-hybridized carbons (Fsp3) is 0.333. The number of halogens is 1. The van der Waals surface area contributed by atoms with Gasteiger partial charge in [0.25, 0.3) is 5.91 Å². The predicted molar refractivity (Wildman–Crippen MR) is 77.0 cm³/mol. The van der Waals surface area contributed by atoms with Gasteiger partial charge in [0.1, 0.15) is 6.33 Å². The summed E-state index contributed by atoms with van der Waals surface area (Å²) in [4.78, 5) is 13.9. The van der Waals surface area contributed by atoms with Gasteiger partial charge in [0.2, 0.25) is 0 Å². The van der Waals surface area contributed by atoms with Crippen LogP contribution in [0.15, 0.2) is 30.6 Å². The number of rotatable bonds is 4. The fourth-order valence-corrected chi connectivity index (χ4v) is 1.62. The van der Waals surface area contributed by atoms with Crippen molar-refractivity contribution in [2.75, 3.05) is 13.6 Å². The largest absolute Gasteiger partial charge is 0.338 e. The Bertz CT molecular complexity index is 559. The molecule has 2 rings (SSSR count). The van der Waals surface area contributed by atoms with Crippen molar-refractivity contribution in [1.29, 1.82) is 0 Å². The van der Waals surface area contributed by atoms with Crippen LogP contribution in [0.3, 0.4) is 0 Å². The van der Waals surface area contributed by atoms with E-state index in [1.807, 2.05) is 13.0 Å². The minimum atomic E-state index is -0.0760. The Kier molecular flexibility index (Phi) is 5.60. The molecule has 0 saturated carbocycles. The first-order valence-electron chi connectivity index (χ1n) is 5.94. The van der Waals surface area contributed by atoms with Crippen molar-refractivity contribution < 1.29 is 4.79 Å². The Balaban J connectivity index is 0.00000200. The summed E-state index contributed by atoms with van der Waals surface area (Å²) in [5, 5.41) is 10.9. The molecule has 108 valence electrons. The molecule has 1 aromatic carbocycles. The summed E-state index contributed by atoms with van der Waals surface area (Å²) >= 11 is 0. The number of likely N-dealkylation sites (N-methyl/N-ethyl adjacent to an activating group) is 1. The van der Waals surface area contributed by atoms with Crippen LogP contribution in [0.25, 0.3) is 5.69 Å². The van der Waals surface area contributed by atoms with Crippen LogP contribution in [0.4, 0.5) is 0 Å². The van der Waals surface area contributed by atoms with E-state index >= 15 is 0 Å². The van der Waals surface area contributed by atoms with Crippen LogP contribution in [-0.2, 0) is 0 Å². The van der Waals surface area contributed by atoms with Crippen molar-refractivity contribution in [1.82, 2.24) is 25.1 Å². The van der Waals surface area contributed by atoms with Gasteiger partial charge in [-0.3, -0.25) is 4.79 Å². The molecule has 0 aliphatic carbocycles. The van der Waals surface area contributed by atoms with Crippen LogP contribution >= 0.6 is 12.4 Å². The first-order chi connectivity index (χ1) is 9.13. The van der Waals surface area contributed by atoms with E-state index in [0.717, 1.165) is 5.69 Å². The molecule has 1 atom stereocenters. The van der Waals surface area contributed by atoms with Crippen molar-refractivity contribution in [3.05, 3.63) is 36.2 Å². The maximum atomic E-state index is 12.3. The number of tetrazole rings is 1. The van der Waals surface area contributed by atoms with Gasteiger partial charge in [-0.25, -0.2) is 4.68 Å². The SMILES string of the molecule is CC(CN)N(C)C(=O)c1cccc(-n2cnnn2)c1.Cl. The molecule has 0 saturated heterocycles. The van der Waals surface area contributed by atoms with Crippen LogP contribution in [-0.4, -0.2) is 50.6 Å². The van der Waals surface area contributed by atoms with Crippen LogP contribution in [0.1, 0.15) is 17.3 Å². The number of amides is 1. The lowest BCUT2D eigenvalue weighted by atomic mass is 10.1. The highest BCUT2D eigenvalue weighted by atomic mass is 35.5. The predicted octanol–water partition coefficient (Wildman–Crippen LogP) is 0.503. The van der Waals surface area contributed by atoms with Crippen molar-refractivity contribution in [3.63, 3.8) is 0 Å². The number of hydrogen-bond acceptors (Lipinski definition) is 5. The molecular formula is C12H17ClN6O. The Morgan fingerprint density at radius 3 is 2.85 bits per heavy atom. The van der Waals surface area contributed by atoms with Gasteiger partial charge in [-0.2, -0.15) is 0 Å². The standard InChI is InChI=1S/C12H16N6O.ClH/c1-9(7-13)17(2)12(19)10-4-3-5-11(6-10)18-8-14-15-16-18;/h3-6,8-9H,7,13H2,1-2H3;1H. The molecule has 2 N–H and O–H groups in total. The molecule has 0 spiro atoms. The van der Waals surface area contributed by atoms with E-state index in [9.17, 15) is 4.79 Å². The summed E-state index contributed by atoms with van der Waals surface area (Å²) < 4.78 is 1.50. The van der Waals surface area contributed by atoms with E-state index < -0.39 is 0 Å². The summed E-state index contributed by atoms with van der Waals surface area (Å²) in [6.45, 7) is 2.33. The fourth-order valence-electron chi connectivity index (χ4n) is 1.62. The number of benzene rings is 1. The number of aromatic nitrogens is 4. The number of nitrogens with two attached hydrogens (primary N) is 1. The lowest BCUT2D eigenvalue weighted by Crippen LogP contribution is -2.39. The maximum Gasteiger partial charge on any atom is 0.253 e. The van der Waals surface area contributed by atoms with Gasteiger partial charge in [0.15, 0.2) is 0 Å². The van der Waals surface area contributed by atoms with Gasteiger partial charge in [-0.1, -0.05) is 6.07 Å². The Morgan fingerprint density at radius 1 is 1.50 bits per heavy atom. The van der Waals surface area contributed by atoms with Gasteiger partial charge in [-0.05, 0) is 35.5 Å². The Hall–Kier alpha value is -1.99. The Morgan fingerprint density at radius 2 is 2.25 bits per heavy atom. The number of hydrogen-bond donors (Lipinski definition) is 1. The summed E-state index contributed by atoms with van der Waals surface area (Å²) in [6, 6.07) is 7.13. The van der Waals surface area contributed by atoms with E-state index in [1.165, 1.54) is 11.0 Å². The van der Waals surface area contributed by atoms with Crippen molar-refractivity contribution in [2.24, 2.45) is 5.73 Å². The molecule has 20 heavy (non-hydrogen) atoms. The third-order valence-corrected chi connectivity index (χ3v) is 3.03. The summed E-state index contributed by atoms with van der Waals surface area (Å²) in [5.74, 6) is -0.0760. The topological polar surface area (TPSA) is 89.9 Å². The van der Waals surface area contributed by atoms with Crippen LogP contribution in [0.5, 0.6) is 0 Å². The minimum Gasteiger partial charge on any atom is -0.338 e. The molecule has 0 radical (unpaired) electrons. The lowest BCUT2D eigenvalue weighted by molar-refractivity contribution is 0.0748. The molecule has 1 heterocycles. The second kappa shape index (κ2) is 6.97. The highest BCUT2D eigenvalue weighted by Gasteiger charge is 2.16. The molecule has 1 amide bonds. The monoisotopic (exact) mass is 296 g/mol. The average Bonchev–Trinajstić information content (AvgIpc) is 2.99. The van der Waals surface area contributed by atoms with Gasteiger partial charge in [-0.15, -0.1) is 17.5 Å². The van der Waals surface area contributed by atoms with Gasteiger partial charge >= 0.3 is 0 Å². The average molecular weight is 297 g/mol. The zero-order valence-corrected chi connectivity index (χ0v) is 12.1. The molecule has 0 fully saturated rings. The van der Waals surface area contributed by atoms with E-state index in [-0.39, 0.29) is 24.4 Å². The zero-order valence-electron chi connectivity index (χ0n) is 11.3. The molecule has 0 aliphatic rings. The van der Waals surface area contributed by atoms with Gasteiger partial charge in [0, 0.05) is 25.2 Å². The summed E-state index contributed by atoms with van der Waals surface area (Å²) in [5.41, 5.74) is 6.89.